The van der Waals surface area contributed by atoms with Gasteiger partial charge in [-0.1, -0.05) is 41.9 Å². The third-order valence-electron chi connectivity index (χ3n) is 3.93. The number of carbonyl (C=O) groups excluding carboxylic acids is 1. The summed E-state index contributed by atoms with van der Waals surface area (Å²) >= 11 is 7.20. The molecule has 1 aromatic heterocycles. The quantitative estimate of drug-likeness (QED) is 0.844. The van der Waals surface area contributed by atoms with Gasteiger partial charge in [-0.05, 0) is 36.5 Å². The Balaban J connectivity index is 1.62. The van der Waals surface area contributed by atoms with E-state index < -0.39 is 6.10 Å². The summed E-state index contributed by atoms with van der Waals surface area (Å²) in [5.74, 6) is 0.312. The summed E-state index contributed by atoms with van der Waals surface area (Å²) in [7, 11) is 0. The van der Waals surface area contributed by atoms with Gasteiger partial charge in [-0.25, -0.2) is 0 Å². The average Bonchev–Trinajstić information content (AvgIpc) is 3.26. The Labute approximate surface area is 138 Å². The van der Waals surface area contributed by atoms with Crippen molar-refractivity contribution in [1.29, 1.82) is 0 Å². The molecule has 1 amide bonds. The van der Waals surface area contributed by atoms with Crippen molar-refractivity contribution in [2.24, 2.45) is 5.92 Å². The lowest BCUT2D eigenvalue weighted by atomic mass is 9.93. The zero-order valence-electron chi connectivity index (χ0n) is 12.0. The maximum absolute atomic E-state index is 12.5. The van der Waals surface area contributed by atoms with E-state index in [1.807, 2.05) is 30.3 Å². The minimum Gasteiger partial charge on any atom is -0.386 e. The van der Waals surface area contributed by atoms with E-state index in [0.29, 0.717) is 10.3 Å². The normalized spacial score (nSPS) is 17.0. The number of rotatable bonds is 6. The van der Waals surface area contributed by atoms with Crippen LogP contribution in [0.2, 0.25) is 4.34 Å². The molecule has 2 atom stereocenters. The van der Waals surface area contributed by atoms with Crippen LogP contribution in [0.25, 0.3) is 0 Å². The molecule has 1 fully saturated rings. The third-order valence-corrected chi connectivity index (χ3v) is 5.26. The summed E-state index contributed by atoms with van der Waals surface area (Å²) in [6.07, 6.45) is 1.48. The van der Waals surface area contributed by atoms with Crippen molar-refractivity contribution in [3.8, 4) is 0 Å². The lowest BCUT2D eigenvalue weighted by molar-refractivity contribution is -0.123. The summed E-state index contributed by atoms with van der Waals surface area (Å²) in [5.41, 5.74) is 1.05. The Morgan fingerprint density at radius 2 is 2.00 bits per heavy atom. The molecule has 0 bridgehead atoms. The molecule has 2 N–H and O–H groups in total. The SMILES string of the molecule is O=C(NCC(O)c1ccc(Cl)s1)C(c1ccccc1)C1CC1. The molecule has 1 aliphatic carbocycles. The molecule has 2 aromatic rings. The predicted molar refractivity (Wildman–Crippen MR) is 89.2 cm³/mol. The smallest absolute Gasteiger partial charge is 0.227 e. The van der Waals surface area contributed by atoms with Gasteiger partial charge in [0.05, 0.1) is 10.3 Å². The van der Waals surface area contributed by atoms with Crippen molar-refractivity contribution >= 4 is 28.8 Å². The van der Waals surface area contributed by atoms with Crippen LogP contribution in [0.3, 0.4) is 0 Å². The number of thiophene rings is 1. The molecule has 1 aromatic carbocycles. The van der Waals surface area contributed by atoms with Gasteiger partial charge >= 0.3 is 0 Å². The van der Waals surface area contributed by atoms with Gasteiger partial charge in [0.2, 0.25) is 5.91 Å². The van der Waals surface area contributed by atoms with Crippen LogP contribution in [-0.2, 0) is 4.79 Å². The Bertz CT molecular complexity index is 639. The van der Waals surface area contributed by atoms with Crippen LogP contribution in [-0.4, -0.2) is 17.6 Å². The monoisotopic (exact) mass is 335 g/mol. The predicted octanol–water partition coefficient (Wildman–Crippen LogP) is 3.74. The first-order valence-electron chi connectivity index (χ1n) is 7.41. The number of hydrogen-bond donors (Lipinski definition) is 2. The maximum atomic E-state index is 12.5. The lowest BCUT2D eigenvalue weighted by Gasteiger charge is -2.18. The summed E-state index contributed by atoms with van der Waals surface area (Å²) in [6.45, 7) is 0.214. The van der Waals surface area contributed by atoms with Crippen LogP contribution >= 0.6 is 22.9 Å². The van der Waals surface area contributed by atoms with Crippen molar-refractivity contribution < 1.29 is 9.90 Å². The molecular formula is C17H18ClNO2S. The molecule has 2 unspecified atom stereocenters. The number of hydrogen-bond acceptors (Lipinski definition) is 3. The van der Waals surface area contributed by atoms with Gasteiger partial charge in [0.25, 0.3) is 0 Å². The summed E-state index contributed by atoms with van der Waals surface area (Å²) in [4.78, 5) is 13.3. The van der Waals surface area contributed by atoms with Gasteiger partial charge in [0, 0.05) is 11.4 Å². The van der Waals surface area contributed by atoms with E-state index in [9.17, 15) is 9.90 Å². The first kappa shape index (κ1) is 15.5. The standard InChI is InChI=1S/C17H18ClNO2S/c18-15-9-8-14(22-15)13(20)10-19-17(21)16(12-6-7-12)11-4-2-1-3-5-11/h1-5,8-9,12-13,16,20H,6-7,10H2,(H,19,21). The van der Waals surface area contributed by atoms with Crippen molar-refractivity contribution in [2.75, 3.05) is 6.54 Å². The number of aliphatic hydroxyl groups is 1. The van der Waals surface area contributed by atoms with Crippen molar-refractivity contribution in [2.45, 2.75) is 24.9 Å². The van der Waals surface area contributed by atoms with E-state index in [0.717, 1.165) is 23.3 Å². The molecule has 0 aliphatic heterocycles. The second-order valence-corrected chi connectivity index (χ2v) is 7.38. The van der Waals surface area contributed by atoms with Gasteiger partial charge in [-0.15, -0.1) is 11.3 Å². The highest BCUT2D eigenvalue weighted by Gasteiger charge is 2.37. The Morgan fingerprint density at radius 3 is 2.59 bits per heavy atom. The Kier molecular flexibility index (Phi) is 4.81. The highest BCUT2D eigenvalue weighted by Crippen LogP contribution is 2.42. The lowest BCUT2D eigenvalue weighted by Crippen LogP contribution is -2.33. The molecule has 1 heterocycles. The summed E-state index contributed by atoms with van der Waals surface area (Å²) in [6, 6.07) is 13.4. The van der Waals surface area contributed by atoms with Crippen LogP contribution in [0.5, 0.6) is 0 Å². The molecule has 1 saturated carbocycles. The van der Waals surface area contributed by atoms with Gasteiger partial charge in [0.15, 0.2) is 0 Å². The molecule has 3 rings (SSSR count). The van der Waals surface area contributed by atoms with Crippen LogP contribution in [0, 0.1) is 5.92 Å². The molecule has 0 spiro atoms. The number of halogens is 1. The van der Waals surface area contributed by atoms with Gasteiger partial charge in [-0.3, -0.25) is 4.79 Å². The Hall–Kier alpha value is -1.36. The fourth-order valence-electron chi connectivity index (χ4n) is 2.64. The molecule has 3 nitrogen and oxygen atoms in total. The first-order valence-corrected chi connectivity index (χ1v) is 8.60. The molecule has 22 heavy (non-hydrogen) atoms. The fraction of sp³-hybridized carbons (Fsp3) is 0.353. The van der Waals surface area contributed by atoms with E-state index in [-0.39, 0.29) is 18.4 Å². The minimum absolute atomic E-state index is 0.00426. The molecule has 116 valence electrons. The van der Waals surface area contributed by atoms with Gasteiger partial charge in [-0.2, -0.15) is 0 Å². The molecule has 5 heteroatoms. The van der Waals surface area contributed by atoms with Crippen LogP contribution in [0.1, 0.15) is 35.3 Å². The van der Waals surface area contributed by atoms with Crippen molar-refractivity contribution in [1.82, 2.24) is 5.32 Å². The summed E-state index contributed by atoms with van der Waals surface area (Å²) in [5, 5.41) is 13.0. The van der Waals surface area contributed by atoms with E-state index in [2.05, 4.69) is 5.32 Å². The highest BCUT2D eigenvalue weighted by molar-refractivity contribution is 7.16. The molecule has 0 radical (unpaired) electrons. The maximum Gasteiger partial charge on any atom is 0.227 e. The van der Waals surface area contributed by atoms with Gasteiger partial charge < -0.3 is 10.4 Å². The highest BCUT2D eigenvalue weighted by atomic mass is 35.5. The van der Waals surface area contributed by atoms with Crippen LogP contribution in [0.4, 0.5) is 0 Å². The molecule has 0 saturated heterocycles. The second-order valence-electron chi connectivity index (χ2n) is 5.63. The number of nitrogens with one attached hydrogen (secondary N) is 1. The average molecular weight is 336 g/mol. The zero-order valence-corrected chi connectivity index (χ0v) is 13.6. The van der Waals surface area contributed by atoms with Crippen LogP contribution < -0.4 is 5.32 Å². The zero-order chi connectivity index (χ0) is 15.5. The van der Waals surface area contributed by atoms with E-state index in [1.54, 1.807) is 12.1 Å². The van der Waals surface area contributed by atoms with Crippen LogP contribution in [0.15, 0.2) is 42.5 Å². The number of aliphatic hydroxyl groups excluding tert-OH is 1. The molecular weight excluding hydrogens is 318 g/mol. The van der Waals surface area contributed by atoms with E-state index >= 15 is 0 Å². The van der Waals surface area contributed by atoms with Crippen molar-refractivity contribution in [3.05, 3.63) is 57.2 Å². The third kappa shape index (κ3) is 3.69. The largest absolute Gasteiger partial charge is 0.386 e. The van der Waals surface area contributed by atoms with Crippen molar-refractivity contribution in [3.63, 3.8) is 0 Å². The van der Waals surface area contributed by atoms with E-state index in [4.69, 9.17) is 11.6 Å². The topological polar surface area (TPSA) is 49.3 Å². The number of carbonyl (C=O) groups is 1. The minimum atomic E-state index is -0.711. The second kappa shape index (κ2) is 6.82. The van der Waals surface area contributed by atoms with E-state index in [1.165, 1.54) is 11.3 Å². The number of benzene rings is 1. The fourth-order valence-corrected chi connectivity index (χ4v) is 3.69. The number of amides is 1. The molecule has 1 aliphatic rings. The Morgan fingerprint density at radius 1 is 1.27 bits per heavy atom. The summed E-state index contributed by atoms with van der Waals surface area (Å²) < 4.78 is 0.639. The first-order chi connectivity index (χ1) is 10.6. The van der Waals surface area contributed by atoms with Gasteiger partial charge in [0.1, 0.15) is 6.10 Å².